The number of carbonyl (C=O) groups is 2. The molecule has 0 radical (unpaired) electrons. The van der Waals surface area contributed by atoms with E-state index in [4.69, 9.17) is 5.11 Å². The highest BCUT2D eigenvalue weighted by atomic mass is 16.4. The Labute approximate surface area is 95.6 Å². The first-order chi connectivity index (χ1) is 7.54. The second-order valence-corrected chi connectivity index (χ2v) is 4.30. The molecule has 1 saturated carbocycles. The lowest BCUT2D eigenvalue weighted by molar-refractivity contribution is -0.148. The molecular weight excluding hydrogens is 208 g/mol. The van der Waals surface area contributed by atoms with Gasteiger partial charge >= 0.3 is 5.97 Å². The molecule has 1 fully saturated rings. The van der Waals surface area contributed by atoms with Gasteiger partial charge in [-0.2, -0.15) is 0 Å². The zero-order valence-electron chi connectivity index (χ0n) is 9.88. The monoisotopic (exact) mass is 228 g/mol. The highest BCUT2D eigenvalue weighted by molar-refractivity contribution is 5.87. The standard InChI is InChI=1S/C11H20N2O3/c1-3-11(4-2,10(15)16)13-9(14)7-12-8-5-6-8/h8,12H,3-7H2,1-2H3,(H,13,14)(H,15,16). The van der Waals surface area contributed by atoms with E-state index in [0.717, 1.165) is 12.8 Å². The van der Waals surface area contributed by atoms with E-state index in [1.165, 1.54) is 0 Å². The first-order valence-corrected chi connectivity index (χ1v) is 5.82. The minimum Gasteiger partial charge on any atom is -0.480 e. The summed E-state index contributed by atoms with van der Waals surface area (Å²) in [6.07, 6.45) is 3.01. The van der Waals surface area contributed by atoms with Crippen LogP contribution in [0.3, 0.4) is 0 Å². The van der Waals surface area contributed by atoms with Gasteiger partial charge < -0.3 is 15.7 Å². The summed E-state index contributed by atoms with van der Waals surface area (Å²) in [4.78, 5) is 22.7. The summed E-state index contributed by atoms with van der Waals surface area (Å²) in [6.45, 7) is 3.75. The van der Waals surface area contributed by atoms with Gasteiger partial charge in [-0.3, -0.25) is 4.79 Å². The average Bonchev–Trinajstić information content (AvgIpc) is 3.06. The maximum absolute atomic E-state index is 11.6. The fourth-order valence-corrected chi connectivity index (χ4v) is 1.62. The third kappa shape index (κ3) is 3.20. The van der Waals surface area contributed by atoms with Gasteiger partial charge in [-0.1, -0.05) is 13.8 Å². The molecule has 3 N–H and O–H groups in total. The summed E-state index contributed by atoms with van der Waals surface area (Å²) < 4.78 is 0. The van der Waals surface area contributed by atoms with Crippen LogP contribution in [0.1, 0.15) is 39.5 Å². The topological polar surface area (TPSA) is 78.4 Å². The Bertz CT molecular complexity index is 270. The number of hydrogen-bond acceptors (Lipinski definition) is 3. The Hall–Kier alpha value is -1.10. The molecule has 0 unspecified atom stereocenters. The first-order valence-electron chi connectivity index (χ1n) is 5.82. The van der Waals surface area contributed by atoms with Crippen molar-refractivity contribution in [1.82, 2.24) is 10.6 Å². The van der Waals surface area contributed by atoms with Crippen molar-refractivity contribution in [1.29, 1.82) is 0 Å². The van der Waals surface area contributed by atoms with Crippen molar-refractivity contribution in [3.8, 4) is 0 Å². The Morgan fingerprint density at radius 2 is 1.88 bits per heavy atom. The Morgan fingerprint density at radius 1 is 1.31 bits per heavy atom. The normalized spacial score (nSPS) is 15.9. The quantitative estimate of drug-likeness (QED) is 0.593. The minimum absolute atomic E-state index is 0.208. The maximum Gasteiger partial charge on any atom is 0.329 e. The second kappa shape index (κ2) is 5.30. The summed E-state index contributed by atoms with van der Waals surface area (Å²) in [5, 5.41) is 14.8. The van der Waals surface area contributed by atoms with Gasteiger partial charge in [0.25, 0.3) is 0 Å². The number of nitrogens with one attached hydrogen (secondary N) is 2. The van der Waals surface area contributed by atoms with Gasteiger partial charge in [-0.25, -0.2) is 4.79 Å². The lowest BCUT2D eigenvalue weighted by Crippen LogP contribution is -2.55. The van der Waals surface area contributed by atoms with Crippen molar-refractivity contribution >= 4 is 11.9 Å². The summed E-state index contributed by atoms with van der Waals surface area (Å²) in [5.41, 5.74) is -1.11. The minimum atomic E-state index is -1.11. The Balaban J connectivity index is 2.45. The van der Waals surface area contributed by atoms with E-state index in [2.05, 4.69) is 10.6 Å². The van der Waals surface area contributed by atoms with Crippen LogP contribution in [0.5, 0.6) is 0 Å². The van der Waals surface area contributed by atoms with Crippen LogP contribution in [0.25, 0.3) is 0 Å². The number of amides is 1. The first kappa shape index (κ1) is 13.0. The number of rotatable bonds is 7. The number of carboxylic acids is 1. The molecule has 0 aromatic carbocycles. The van der Waals surface area contributed by atoms with E-state index in [1.54, 1.807) is 13.8 Å². The SMILES string of the molecule is CCC(CC)(NC(=O)CNC1CC1)C(=O)O. The predicted octanol–water partition coefficient (Wildman–Crippen LogP) is 0.498. The predicted molar refractivity (Wildman–Crippen MR) is 60.1 cm³/mol. The van der Waals surface area contributed by atoms with Gasteiger partial charge in [0.1, 0.15) is 5.54 Å². The van der Waals surface area contributed by atoms with Crippen LogP contribution in [0, 0.1) is 0 Å². The highest BCUT2D eigenvalue weighted by Gasteiger charge is 2.36. The molecule has 0 saturated heterocycles. The number of hydrogen-bond donors (Lipinski definition) is 3. The van der Waals surface area contributed by atoms with Crippen molar-refractivity contribution in [2.45, 2.75) is 51.1 Å². The van der Waals surface area contributed by atoms with E-state index >= 15 is 0 Å². The number of carbonyl (C=O) groups excluding carboxylic acids is 1. The van der Waals surface area contributed by atoms with E-state index in [1.807, 2.05) is 0 Å². The highest BCUT2D eigenvalue weighted by Crippen LogP contribution is 2.18. The van der Waals surface area contributed by atoms with E-state index in [0.29, 0.717) is 18.9 Å². The number of carboxylic acid groups (broad SMARTS) is 1. The lowest BCUT2D eigenvalue weighted by Gasteiger charge is -2.28. The molecule has 1 aliphatic rings. The van der Waals surface area contributed by atoms with Crippen LogP contribution in [-0.4, -0.2) is 35.1 Å². The molecule has 16 heavy (non-hydrogen) atoms. The molecule has 92 valence electrons. The van der Waals surface area contributed by atoms with Crippen LogP contribution in [-0.2, 0) is 9.59 Å². The van der Waals surface area contributed by atoms with Gasteiger partial charge in [-0.15, -0.1) is 0 Å². The van der Waals surface area contributed by atoms with Crippen molar-refractivity contribution in [2.75, 3.05) is 6.54 Å². The van der Waals surface area contributed by atoms with E-state index in [9.17, 15) is 9.59 Å². The molecule has 0 bridgehead atoms. The van der Waals surface area contributed by atoms with Crippen molar-refractivity contribution in [3.63, 3.8) is 0 Å². The van der Waals surface area contributed by atoms with Gasteiger partial charge in [0.05, 0.1) is 6.54 Å². The van der Waals surface area contributed by atoms with Gasteiger partial charge in [0, 0.05) is 6.04 Å². The molecule has 1 aliphatic carbocycles. The summed E-state index contributed by atoms with van der Waals surface area (Å²) >= 11 is 0. The van der Waals surface area contributed by atoms with Crippen molar-refractivity contribution in [2.24, 2.45) is 0 Å². The molecule has 0 heterocycles. The zero-order chi connectivity index (χ0) is 12.2. The fourth-order valence-electron chi connectivity index (χ4n) is 1.62. The van der Waals surface area contributed by atoms with E-state index < -0.39 is 11.5 Å². The van der Waals surface area contributed by atoms with Gasteiger partial charge in [0.15, 0.2) is 0 Å². The molecule has 5 nitrogen and oxygen atoms in total. The third-order valence-corrected chi connectivity index (χ3v) is 3.12. The van der Waals surface area contributed by atoms with Gasteiger partial charge in [0.2, 0.25) is 5.91 Å². The van der Waals surface area contributed by atoms with E-state index in [-0.39, 0.29) is 12.5 Å². The molecule has 0 spiro atoms. The molecule has 1 amide bonds. The van der Waals surface area contributed by atoms with Crippen LogP contribution in [0.2, 0.25) is 0 Å². The largest absolute Gasteiger partial charge is 0.480 e. The van der Waals surface area contributed by atoms with Crippen molar-refractivity contribution < 1.29 is 14.7 Å². The van der Waals surface area contributed by atoms with Crippen LogP contribution in [0.15, 0.2) is 0 Å². The van der Waals surface area contributed by atoms with Crippen molar-refractivity contribution in [3.05, 3.63) is 0 Å². The zero-order valence-corrected chi connectivity index (χ0v) is 9.88. The molecule has 1 rings (SSSR count). The molecule has 0 atom stereocenters. The molecule has 0 aromatic heterocycles. The number of aliphatic carboxylic acids is 1. The molecule has 0 aliphatic heterocycles. The molecule has 0 aromatic rings. The van der Waals surface area contributed by atoms with Crippen LogP contribution >= 0.6 is 0 Å². The summed E-state index contributed by atoms with van der Waals surface area (Å²) in [6, 6.07) is 0.452. The fraction of sp³-hybridized carbons (Fsp3) is 0.818. The van der Waals surface area contributed by atoms with Crippen LogP contribution in [0.4, 0.5) is 0 Å². The second-order valence-electron chi connectivity index (χ2n) is 4.30. The van der Waals surface area contributed by atoms with Gasteiger partial charge in [-0.05, 0) is 25.7 Å². The summed E-state index contributed by atoms with van der Waals surface area (Å²) in [7, 11) is 0. The smallest absolute Gasteiger partial charge is 0.329 e. The van der Waals surface area contributed by atoms with Crippen LogP contribution < -0.4 is 10.6 Å². The average molecular weight is 228 g/mol. The molecule has 5 heteroatoms. The Kier molecular flexibility index (Phi) is 4.29. The summed E-state index contributed by atoms with van der Waals surface area (Å²) in [5.74, 6) is -1.20. The maximum atomic E-state index is 11.6. The third-order valence-electron chi connectivity index (χ3n) is 3.12. The lowest BCUT2D eigenvalue weighted by atomic mass is 9.93. The Morgan fingerprint density at radius 3 is 2.25 bits per heavy atom. The molecular formula is C11H20N2O3.